The fourth-order valence-corrected chi connectivity index (χ4v) is 1.85. The van der Waals surface area contributed by atoms with Gasteiger partial charge in [-0.25, -0.2) is 0 Å². The average molecular weight is 267 g/mol. The van der Waals surface area contributed by atoms with Crippen LogP contribution in [0.1, 0.15) is 10.4 Å². The molecule has 4 heteroatoms. The average Bonchev–Trinajstić information content (AvgIpc) is 2.33. The monoisotopic (exact) mass is 266 g/mol. The van der Waals surface area contributed by atoms with Gasteiger partial charge in [0.1, 0.15) is 5.75 Å². The summed E-state index contributed by atoms with van der Waals surface area (Å²) in [6.07, 6.45) is 0.607. The molecule has 86 valence electrons. The van der Waals surface area contributed by atoms with Crippen molar-refractivity contribution < 1.29 is 9.90 Å². The molecule has 2 rings (SSSR count). The Morgan fingerprint density at radius 3 is 2.47 bits per heavy atom. The number of hydrogen-bond donors (Lipinski definition) is 1. The molecule has 17 heavy (non-hydrogen) atoms. The third kappa shape index (κ3) is 2.28. The largest absolute Gasteiger partial charge is 0.507 e. The fraction of sp³-hybridized carbons (Fsp3) is 0. The van der Waals surface area contributed by atoms with Gasteiger partial charge in [-0.3, -0.25) is 4.79 Å². The third-order valence-corrected chi connectivity index (χ3v) is 3.16. The van der Waals surface area contributed by atoms with E-state index in [4.69, 9.17) is 23.2 Å². The molecule has 0 fully saturated rings. The summed E-state index contributed by atoms with van der Waals surface area (Å²) < 4.78 is 0. The quantitative estimate of drug-likeness (QED) is 0.829. The molecular weight excluding hydrogens is 259 g/mol. The van der Waals surface area contributed by atoms with E-state index in [-0.39, 0.29) is 11.3 Å². The normalized spacial score (nSPS) is 10.2. The van der Waals surface area contributed by atoms with Crippen molar-refractivity contribution in [2.75, 3.05) is 0 Å². The van der Waals surface area contributed by atoms with Crippen LogP contribution >= 0.6 is 23.2 Å². The van der Waals surface area contributed by atoms with Crippen molar-refractivity contribution in [2.45, 2.75) is 0 Å². The number of aldehydes is 1. The summed E-state index contributed by atoms with van der Waals surface area (Å²) in [4.78, 5) is 10.7. The van der Waals surface area contributed by atoms with Crippen LogP contribution in [0.3, 0.4) is 0 Å². The van der Waals surface area contributed by atoms with Crippen molar-refractivity contribution in [1.82, 2.24) is 0 Å². The molecule has 2 nitrogen and oxygen atoms in total. The Labute approximate surface area is 108 Å². The molecule has 0 aliphatic heterocycles. The van der Waals surface area contributed by atoms with Gasteiger partial charge in [0, 0.05) is 5.56 Å². The van der Waals surface area contributed by atoms with E-state index in [9.17, 15) is 9.90 Å². The van der Waals surface area contributed by atoms with Crippen LogP contribution in [-0.4, -0.2) is 11.4 Å². The Bertz CT molecular complexity index is 580. The zero-order valence-electron chi connectivity index (χ0n) is 8.65. The number of phenols is 1. The number of rotatable bonds is 2. The van der Waals surface area contributed by atoms with Crippen LogP contribution in [0.25, 0.3) is 11.1 Å². The minimum absolute atomic E-state index is 0.0547. The highest BCUT2D eigenvalue weighted by Crippen LogP contribution is 2.34. The molecule has 1 N–H and O–H groups in total. The summed E-state index contributed by atoms with van der Waals surface area (Å²) in [6.45, 7) is 0. The van der Waals surface area contributed by atoms with Gasteiger partial charge in [-0.1, -0.05) is 41.4 Å². The molecule has 0 heterocycles. The fourth-order valence-electron chi connectivity index (χ4n) is 1.55. The number of halogens is 2. The summed E-state index contributed by atoms with van der Waals surface area (Å²) in [5, 5.41) is 10.7. The lowest BCUT2D eigenvalue weighted by Gasteiger charge is -2.07. The maximum Gasteiger partial charge on any atom is 0.153 e. The van der Waals surface area contributed by atoms with E-state index in [2.05, 4.69) is 0 Å². The highest BCUT2D eigenvalue weighted by molar-refractivity contribution is 6.42. The maximum absolute atomic E-state index is 10.7. The standard InChI is InChI=1S/C13H8Cl2O2/c14-11-5-4-8(6-12(11)15)10-3-1-2-9(7-16)13(10)17/h1-7,17H. The van der Waals surface area contributed by atoms with Gasteiger partial charge in [0.25, 0.3) is 0 Å². The van der Waals surface area contributed by atoms with Crippen molar-refractivity contribution in [3.05, 3.63) is 52.0 Å². The Kier molecular flexibility index (Phi) is 3.36. The Balaban J connectivity index is 2.60. The minimum Gasteiger partial charge on any atom is -0.507 e. The number of aromatic hydroxyl groups is 1. The summed E-state index contributed by atoms with van der Waals surface area (Å²) >= 11 is 11.7. The van der Waals surface area contributed by atoms with Gasteiger partial charge in [0.15, 0.2) is 6.29 Å². The zero-order valence-corrected chi connectivity index (χ0v) is 10.2. The summed E-state index contributed by atoms with van der Waals surface area (Å²) in [6, 6.07) is 9.98. The van der Waals surface area contributed by atoms with Crippen molar-refractivity contribution in [3.63, 3.8) is 0 Å². The van der Waals surface area contributed by atoms with Crippen LogP contribution < -0.4 is 0 Å². The molecule has 0 spiro atoms. The molecule has 0 unspecified atom stereocenters. The van der Waals surface area contributed by atoms with Gasteiger partial charge in [0.05, 0.1) is 15.6 Å². The first kappa shape index (κ1) is 12.0. The van der Waals surface area contributed by atoms with E-state index < -0.39 is 0 Å². The molecule has 2 aromatic rings. The first-order valence-electron chi connectivity index (χ1n) is 4.86. The van der Waals surface area contributed by atoms with E-state index in [1.165, 1.54) is 0 Å². The second-order valence-electron chi connectivity index (χ2n) is 3.49. The number of carbonyl (C=O) groups excluding carboxylic acids is 1. The molecule has 0 atom stereocenters. The van der Waals surface area contributed by atoms with Gasteiger partial charge in [-0.15, -0.1) is 0 Å². The zero-order chi connectivity index (χ0) is 12.4. The molecule has 0 saturated carbocycles. The van der Waals surface area contributed by atoms with Gasteiger partial charge in [-0.05, 0) is 23.8 Å². The van der Waals surface area contributed by atoms with Gasteiger partial charge in [0.2, 0.25) is 0 Å². The van der Waals surface area contributed by atoms with Gasteiger partial charge < -0.3 is 5.11 Å². The molecule has 0 saturated heterocycles. The summed E-state index contributed by atoms with van der Waals surface area (Å²) in [5.74, 6) is -0.0547. The van der Waals surface area contributed by atoms with Crippen LogP contribution in [0, 0.1) is 0 Å². The molecule has 0 aliphatic rings. The molecule has 0 amide bonds. The number of benzene rings is 2. The molecule has 0 aromatic heterocycles. The molecule has 0 aliphatic carbocycles. The summed E-state index contributed by atoms with van der Waals surface area (Å²) in [7, 11) is 0. The topological polar surface area (TPSA) is 37.3 Å². The van der Waals surface area contributed by atoms with E-state index >= 15 is 0 Å². The molecular formula is C13H8Cl2O2. The van der Waals surface area contributed by atoms with Gasteiger partial charge in [-0.2, -0.15) is 0 Å². The summed E-state index contributed by atoms with van der Waals surface area (Å²) in [5.41, 5.74) is 1.50. The van der Waals surface area contributed by atoms with E-state index in [1.54, 1.807) is 36.4 Å². The Hall–Kier alpha value is -1.51. The molecule has 2 aromatic carbocycles. The van der Waals surface area contributed by atoms with Crippen molar-refractivity contribution >= 4 is 29.5 Å². The Morgan fingerprint density at radius 2 is 1.82 bits per heavy atom. The highest BCUT2D eigenvalue weighted by Gasteiger charge is 2.09. The first-order chi connectivity index (χ1) is 8.13. The van der Waals surface area contributed by atoms with E-state index in [0.717, 1.165) is 0 Å². The predicted octanol–water partition coefficient (Wildman–Crippen LogP) is 4.18. The maximum atomic E-state index is 10.7. The lowest BCUT2D eigenvalue weighted by molar-refractivity contribution is 0.112. The van der Waals surface area contributed by atoms with E-state index in [1.807, 2.05) is 0 Å². The van der Waals surface area contributed by atoms with Crippen LogP contribution in [-0.2, 0) is 0 Å². The number of carbonyl (C=O) groups is 1. The third-order valence-electron chi connectivity index (χ3n) is 2.42. The molecule has 0 radical (unpaired) electrons. The minimum atomic E-state index is -0.0547. The highest BCUT2D eigenvalue weighted by atomic mass is 35.5. The van der Waals surface area contributed by atoms with Crippen molar-refractivity contribution in [2.24, 2.45) is 0 Å². The van der Waals surface area contributed by atoms with Crippen LogP contribution in [0.5, 0.6) is 5.75 Å². The number of phenolic OH excluding ortho intramolecular Hbond substituents is 1. The number of para-hydroxylation sites is 1. The SMILES string of the molecule is O=Cc1cccc(-c2ccc(Cl)c(Cl)c2)c1O. The molecule has 0 bridgehead atoms. The second-order valence-corrected chi connectivity index (χ2v) is 4.30. The van der Waals surface area contributed by atoms with E-state index in [0.29, 0.717) is 27.5 Å². The Morgan fingerprint density at radius 1 is 1.06 bits per heavy atom. The number of hydrogen-bond acceptors (Lipinski definition) is 2. The van der Waals surface area contributed by atoms with Crippen molar-refractivity contribution in [3.8, 4) is 16.9 Å². The van der Waals surface area contributed by atoms with Crippen LogP contribution in [0.15, 0.2) is 36.4 Å². The van der Waals surface area contributed by atoms with Crippen LogP contribution in [0.4, 0.5) is 0 Å². The predicted molar refractivity (Wildman–Crippen MR) is 69.0 cm³/mol. The smallest absolute Gasteiger partial charge is 0.153 e. The van der Waals surface area contributed by atoms with Crippen molar-refractivity contribution in [1.29, 1.82) is 0 Å². The second kappa shape index (κ2) is 4.78. The lowest BCUT2D eigenvalue weighted by Crippen LogP contribution is -1.85. The van der Waals surface area contributed by atoms with Gasteiger partial charge >= 0.3 is 0 Å². The van der Waals surface area contributed by atoms with Crippen LogP contribution in [0.2, 0.25) is 10.0 Å². The first-order valence-corrected chi connectivity index (χ1v) is 5.61. The lowest BCUT2D eigenvalue weighted by atomic mass is 10.0.